The van der Waals surface area contributed by atoms with Gasteiger partial charge in [-0.05, 0) is 23.9 Å². The van der Waals surface area contributed by atoms with Gasteiger partial charge in [0.1, 0.15) is 0 Å². The van der Waals surface area contributed by atoms with Crippen molar-refractivity contribution in [3.8, 4) is 0 Å². The van der Waals surface area contributed by atoms with E-state index in [0.29, 0.717) is 5.02 Å². The largest absolute Gasteiger partial charge is 0.318 e. The van der Waals surface area contributed by atoms with E-state index in [9.17, 15) is 0 Å². The fourth-order valence-electron chi connectivity index (χ4n) is 2.56. The number of fused-ring (bicyclic) bond motifs is 1. The molecule has 2 N–H and O–H groups in total. The quantitative estimate of drug-likeness (QED) is 0.768. The van der Waals surface area contributed by atoms with Crippen molar-refractivity contribution in [3.05, 3.63) is 77.1 Å². The molecule has 0 aliphatic rings. The molecule has 100 valence electrons. The number of hydrogen-bond donors (Lipinski definition) is 1. The molecule has 1 unspecified atom stereocenters. The summed E-state index contributed by atoms with van der Waals surface area (Å²) in [5, 5.41) is 2.85. The second-order valence-corrected chi connectivity index (χ2v) is 5.50. The van der Waals surface area contributed by atoms with Crippen LogP contribution in [0.2, 0.25) is 5.02 Å². The van der Waals surface area contributed by atoms with Gasteiger partial charge in [-0.1, -0.05) is 54.1 Å². The van der Waals surface area contributed by atoms with Gasteiger partial charge in [0.05, 0.1) is 5.54 Å². The van der Waals surface area contributed by atoms with Crippen LogP contribution in [-0.4, -0.2) is 4.98 Å². The SMILES string of the molecule is CC(N)(c1ccccc1Cl)c1cncc2ccccc12. The zero-order chi connectivity index (χ0) is 14.2. The molecule has 0 amide bonds. The smallest absolute Gasteiger partial charge is 0.0672 e. The zero-order valence-corrected chi connectivity index (χ0v) is 11.9. The van der Waals surface area contributed by atoms with Gasteiger partial charge in [-0.2, -0.15) is 0 Å². The van der Waals surface area contributed by atoms with Crippen molar-refractivity contribution in [2.75, 3.05) is 0 Å². The molecule has 20 heavy (non-hydrogen) atoms. The molecule has 0 spiro atoms. The maximum absolute atomic E-state index is 6.60. The molecule has 0 saturated heterocycles. The highest BCUT2D eigenvalue weighted by atomic mass is 35.5. The molecule has 3 rings (SSSR count). The van der Waals surface area contributed by atoms with Crippen molar-refractivity contribution < 1.29 is 0 Å². The number of hydrogen-bond acceptors (Lipinski definition) is 2. The van der Waals surface area contributed by atoms with E-state index in [0.717, 1.165) is 21.9 Å². The molecule has 0 radical (unpaired) electrons. The standard InChI is InChI=1S/C17H15ClN2/c1-17(19,14-8-4-5-9-16(14)18)15-11-20-10-12-6-2-3-7-13(12)15/h2-11H,19H2,1H3. The number of halogens is 1. The van der Waals surface area contributed by atoms with E-state index >= 15 is 0 Å². The summed E-state index contributed by atoms with van der Waals surface area (Å²) in [6, 6.07) is 15.8. The first-order valence-corrected chi connectivity index (χ1v) is 6.85. The lowest BCUT2D eigenvalue weighted by Gasteiger charge is -2.28. The third-order valence-electron chi connectivity index (χ3n) is 3.66. The number of rotatable bonds is 2. The van der Waals surface area contributed by atoms with Gasteiger partial charge in [-0.15, -0.1) is 0 Å². The predicted molar refractivity (Wildman–Crippen MR) is 83.8 cm³/mol. The Kier molecular flexibility index (Phi) is 3.20. The molecular formula is C17H15ClN2. The molecule has 0 fully saturated rings. The minimum atomic E-state index is -0.688. The van der Waals surface area contributed by atoms with Gasteiger partial charge < -0.3 is 5.73 Å². The van der Waals surface area contributed by atoms with E-state index in [1.807, 2.05) is 61.8 Å². The van der Waals surface area contributed by atoms with E-state index in [1.54, 1.807) is 0 Å². The van der Waals surface area contributed by atoms with Crippen molar-refractivity contribution in [3.63, 3.8) is 0 Å². The monoisotopic (exact) mass is 282 g/mol. The van der Waals surface area contributed by atoms with E-state index in [2.05, 4.69) is 11.1 Å². The molecule has 1 atom stereocenters. The molecule has 3 heteroatoms. The number of nitrogens with two attached hydrogens (primary N) is 1. The van der Waals surface area contributed by atoms with Crippen molar-refractivity contribution in [1.82, 2.24) is 4.98 Å². The molecule has 0 bridgehead atoms. The van der Waals surface area contributed by atoms with Crippen LogP contribution in [0.1, 0.15) is 18.1 Å². The fraction of sp³-hybridized carbons (Fsp3) is 0.118. The molecule has 0 aliphatic heterocycles. The van der Waals surface area contributed by atoms with Crippen LogP contribution in [0.4, 0.5) is 0 Å². The molecule has 1 heterocycles. The lowest BCUT2D eigenvalue weighted by molar-refractivity contribution is 0.606. The highest BCUT2D eigenvalue weighted by molar-refractivity contribution is 6.31. The maximum Gasteiger partial charge on any atom is 0.0672 e. The molecule has 0 saturated carbocycles. The molecule has 0 aliphatic carbocycles. The average Bonchev–Trinajstić information content (AvgIpc) is 2.47. The molecule has 1 aromatic heterocycles. The summed E-state index contributed by atoms with van der Waals surface area (Å²) < 4.78 is 0. The van der Waals surface area contributed by atoms with Crippen molar-refractivity contribution in [2.24, 2.45) is 5.73 Å². The Labute approximate surface area is 123 Å². The lowest BCUT2D eigenvalue weighted by atomic mass is 9.84. The Hall–Kier alpha value is -1.90. The van der Waals surface area contributed by atoms with Crippen LogP contribution in [0.3, 0.4) is 0 Å². The fourth-order valence-corrected chi connectivity index (χ4v) is 2.89. The second-order valence-electron chi connectivity index (χ2n) is 5.09. The maximum atomic E-state index is 6.60. The van der Waals surface area contributed by atoms with E-state index < -0.39 is 5.54 Å². The molecule has 2 aromatic carbocycles. The Morgan fingerprint density at radius 3 is 2.45 bits per heavy atom. The highest BCUT2D eigenvalue weighted by Crippen LogP contribution is 2.34. The normalized spacial score (nSPS) is 14.2. The third-order valence-corrected chi connectivity index (χ3v) is 3.99. The summed E-state index contributed by atoms with van der Waals surface area (Å²) >= 11 is 6.31. The summed E-state index contributed by atoms with van der Waals surface area (Å²) in [7, 11) is 0. The Balaban J connectivity index is 2.27. The van der Waals surface area contributed by atoms with Crippen LogP contribution < -0.4 is 5.73 Å². The molecular weight excluding hydrogens is 268 g/mol. The second kappa shape index (κ2) is 4.89. The van der Waals surface area contributed by atoms with E-state index in [-0.39, 0.29) is 0 Å². The Morgan fingerprint density at radius 1 is 0.950 bits per heavy atom. The minimum Gasteiger partial charge on any atom is -0.318 e. The van der Waals surface area contributed by atoms with Crippen molar-refractivity contribution in [1.29, 1.82) is 0 Å². The van der Waals surface area contributed by atoms with Gasteiger partial charge in [0.25, 0.3) is 0 Å². The summed E-state index contributed by atoms with van der Waals surface area (Å²) in [4.78, 5) is 4.31. The first kappa shape index (κ1) is 13.1. The predicted octanol–water partition coefficient (Wildman–Crippen LogP) is 4.11. The number of benzene rings is 2. The zero-order valence-electron chi connectivity index (χ0n) is 11.2. The van der Waals surface area contributed by atoms with Crippen LogP contribution in [0.25, 0.3) is 10.8 Å². The average molecular weight is 283 g/mol. The summed E-state index contributed by atoms with van der Waals surface area (Å²) in [6.45, 7) is 1.97. The van der Waals surface area contributed by atoms with Crippen LogP contribution in [0.15, 0.2) is 60.9 Å². The first-order valence-electron chi connectivity index (χ1n) is 6.48. The number of pyridine rings is 1. The first-order chi connectivity index (χ1) is 9.60. The summed E-state index contributed by atoms with van der Waals surface area (Å²) in [6.07, 6.45) is 3.67. The van der Waals surface area contributed by atoms with Crippen molar-refractivity contribution in [2.45, 2.75) is 12.5 Å². The van der Waals surface area contributed by atoms with Gasteiger partial charge >= 0.3 is 0 Å². The summed E-state index contributed by atoms with van der Waals surface area (Å²) in [5.41, 5.74) is 7.79. The van der Waals surface area contributed by atoms with Crippen LogP contribution >= 0.6 is 11.6 Å². The molecule has 2 nitrogen and oxygen atoms in total. The number of nitrogens with zero attached hydrogens (tertiary/aromatic N) is 1. The van der Waals surface area contributed by atoms with Crippen LogP contribution in [0.5, 0.6) is 0 Å². The van der Waals surface area contributed by atoms with Crippen molar-refractivity contribution >= 4 is 22.4 Å². The lowest BCUT2D eigenvalue weighted by Crippen LogP contribution is -2.35. The summed E-state index contributed by atoms with van der Waals surface area (Å²) in [5.74, 6) is 0. The molecule has 3 aromatic rings. The highest BCUT2D eigenvalue weighted by Gasteiger charge is 2.28. The van der Waals surface area contributed by atoms with Gasteiger partial charge in [0, 0.05) is 28.4 Å². The number of aromatic nitrogens is 1. The van der Waals surface area contributed by atoms with Crippen LogP contribution in [0, 0.1) is 0 Å². The van der Waals surface area contributed by atoms with Crippen LogP contribution in [-0.2, 0) is 5.54 Å². The van der Waals surface area contributed by atoms with E-state index in [4.69, 9.17) is 17.3 Å². The Bertz CT molecular complexity index is 760. The topological polar surface area (TPSA) is 38.9 Å². The van der Waals surface area contributed by atoms with E-state index in [1.165, 1.54) is 0 Å². The van der Waals surface area contributed by atoms with Gasteiger partial charge in [0.15, 0.2) is 0 Å². The van der Waals surface area contributed by atoms with Gasteiger partial charge in [-0.25, -0.2) is 0 Å². The van der Waals surface area contributed by atoms with Gasteiger partial charge in [0.2, 0.25) is 0 Å². The van der Waals surface area contributed by atoms with Gasteiger partial charge in [-0.3, -0.25) is 4.98 Å². The third kappa shape index (κ3) is 2.07. The Morgan fingerprint density at radius 2 is 1.65 bits per heavy atom. The minimum absolute atomic E-state index is 0.672.